The van der Waals surface area contributed by atoms with Gasteiger partial charge in [0.25, 0.3) is 0 Å². The lowest BCUT2D eigenvalue weighted by molar-refractivity contribution is 0.0392. The molecule has 0 saturated heterocycles. The molecule has 1 aromatic heterocycles. The van der Waals surface area contributed by atoms with Crippen LogP contribution >= 0.6 is 11.3 Å². The van der Waals surface area contributed by atoms with Crippen LogP contribution in [0.4, 0.5) is 0 Å². The number of carbonyl (C=O) groups is 1. The number of rotatable bonds is 3. The van der Waals surface area contributed by atoms with Crippen molar-refractivity contribution in [3.63, 3.8) is 0 Å². The average Bonchev–Trinajstić information content (AvgIpc) is 2.75. The Bertz CT molecular complexity index is 525. The number of ketones is 1. The molecule has 0 amide bonds. The number of aliphatic hydroxyl groups is 1. The molecule has 0 bridgehead atoms. The second-order valence-electron chi connectivity index (χ2n) is 4.10. The van der Waals surface area contributed by atoms with Gasteiger partial charge in [-0.3, -0.25) is 4.79 Å². The van der Waals surface area contributed by atoms with Crippen LogP contribution in [0.15, 0.2) is 29.6 Å². The van der Waals surface area contributed by atoms with E-state index in [2.05, 4.69) is 0 Å². The third-order valence-corrected chi connectivity index (χ3v) is 3.86. The first-order chi connectivity index (χ1) is 7.56. The van der Waals surface area contributed by atoms with E-state index in [1.165, 1.54) is 11.3 Å². The van der Waals surface area contributed by atoms with Crippen LogP contribution in [0.1, 0.15) is 30.6 Å². The Morgan fingerprint density at radius 1 is 1.44 bits per heavy atom. The molecular weight excluding hydrogens is 220 g/mol. The summed E-state index contributed by atoms with van der Waals surface area (Å²) < 4.78 is 0.959. The minimum absolute atomic E-state index is 0.192. The van der Waals surface area contributed by atoms with Gasteiger partial charge in [-0.1, -0.05) is 19.1 Å². The van der Waals surface area contributed by atoms with Crippen LogP contribution in [-0.4, -0.2) is 16.5 Å². The van der Waals surface area contributed by atoms with Gasteiger partial charge in [-0.25, -0.2) is 0 Å². The summed E-state index contributed by atoms with van der Waals surface area (Å²) in [6.07, 6.45) is 0.424. The summed E-state index contributed by atoms with van der Waals surface area (Å²) >= 11 is 1.54. The van der Waals surface area contributed by atoms with Crippen molar-refractivity contribution >= 4 is 27.2 Å². The topological polar surface area (TPSA) is 37.3 Å². The van der Waals surface area contributed by atoms with Crippen molar-refractivity contribution in [2.45, 2.75) is 25.9 Å². The Labute approximate surface area is 98.5 Å². The van der Waals surface area contributed by atoms with Crippen LogP contribution in [0.3, 0.4) is 0 Å². The third-order valence-electron chi connectivity index (χ3n) is 2.90. The first-order valence-electron chi connectivity index (χ1n) is 5.29. The minimum Gasteiger partial charge on any atom is -0.382 e. The van der Waals surface area contributed by atoms with E-state index in [-0.39, 0.29) is 5.78 Å². The molecule has 84 valence electrons. The number of fused-ring (bicyclic) bond motifs is 1. The second kappa shape index (κ2) is 4.00. The molecule has 1 unspecified atom stereocenters. The van der Waals surface area contributed by atoms with Crippen molar-refractivity contribution in [2.24, 2.45) is 0 Å². The summed E-state index contributed by atoms with van der Waals surface area (Å²) in [6, 6.07) is 7.60. The van der Waals surface area contributed by atoms with Crippen molar-refractivity contribution in [3.05, 3.63) is 35.2 Å². The molecule has 1 atom stereocenters. The number of hydrogen-bond donors (Lipinski definition) is 1. The minimum atomic E-state index is -1.27. The first kappa shape index (κ1) is 11.3. The molecule has 16 heavy (non-hydrogen) atoms. The fourth-order valence-corrected chi connectivity index (χ4v) is 2.53. The van der Waals surface area contributed by atoms with Crippen molar-refractivity contribution in [3.8, 4) is 0 Å². The highest BCUT2D eigenvalue weighted by Gasteiger charge is 2.30. The van der Waals surface area contributed by atoms with Gasteiger partial charge in [0.05, 0.1) is 0 Å². The number of carbonyl (C=O) groups excluding carboxylic acids is 1. The van der Waals surface area contributed by atoms with Crippen molar-refractivity contribution < 1.29 is 9.90 Å². The predicted octanol–water partition coefficient (Wildman–Crippen LogP) is 3.25. The fraction of sp³-hybridized carbons (Fsp3) is 0.308. The molecule has 0 radical (unpaired) electrons. The summed E-state index contributed by atoms with van der Waals surface area (Å²) in [5.41, 5.74) is -0.641. The van der Waals surface area contributed by atoms with Crippen LogP contribution in [0.2, 0.25) is 0 Å². The van der Waals surface area contributed by atoms with Crippen LogP contribution in [0.5, 0.6) is 0 Å². The molecule has 3 heteroatoms. The quantitative estimate of drug-likeness (QED) is 0.828. The van der Waals surface area contributed by atoms with Crippen LogP contribution in [0, 0.1) is 0 Å². The Kier molecular flexibility index (Phi) is 2.82. The average molecular weight is 234 g/mol. The van der Waals surface area contributed by atoms with Crippen molar-refractivity contribution in [1.29, 1.82) is 0 Å². The highest BCUT2D eigenvalue weighted by Crippen LogP contribution is 2.28. The predicted molar refractivity (Wildman–Crippen MR) is 67.1 cm³/mol. The molecule has 0 aliphatic rings. The maximum atomic E-state index is 12.2. The normalized spacial score (nSPS) is 14.9. The number of Topliss-reactive ketones (excluding diaryl/α,β-unsaturated/α-hetero) is 1. The van der Waals surface area contributed by atoms with Gasteiger partial charge in [-0.15, -0.1) is 11.3 Å². The van der Waals surface area contributed by atoms with E-state index in [1.807, 2.05) is 30.5 Å². The van der Waals surface area contributed by atoms with E-state index in [9.17, 15) is 9.90 Å². The van der Waals surface area contributed by atoms with Gasteiger partial charge in [0.15, 0.2) is 5.78 Å². The molecule has 0 aliphatic heterocycles. The van der Waals surface area contributed by atoms with Crippen LogP contribution < -0.4 is 0 Å². The van der Waals surface area contributed by atoms with Crippen LogP contribution in [-0.2, 0) is 0 Å². The van der Waals surface area contributed by atoms with Gasteiger partial charge in [0.1, 0.15) is 5.60 Å². The van der Waals surface area contributed by atoms with E-state index in [4.69, 9.17) is 0 Å². The second-order valence-corrected chi connectivity index (χ2v) is 5.02. The summed E-state index contributed by atoms with van der Waals surface area (Å²) in [4.78, 5) is 12.2. The maximum absolute atomic E-state index is 12.2. The van der Waals surface area contributed by atoms with E-state index in [0.29, 0.717) is 12.0 Å². The van der Waals surface area contributed by atoms with E-state index in [0.717, 1.165) is 10.1 Å². The highest BCUT2D eigenvalue weighted by atomic mass is 32.1. The molecule has 1 heterocycles. The van der Waals surface area contributed by atoms with Gasteiger partial charge in [-0.05, 0) is 36.2 Å². The lowest BCUT2D eigenvalue weighted by Gasteiger charge is -2.19. The van der Waals surface area contributed by atoms with Gasteiger partial charge in [-0.2, -0.15) is 0 Å². The van der Waals surface area contributed by atoms with Crippen molar-refractivity contribution in [2.75, 3.05) is 0 Å². The highest BCUT2D eigenvalue weighted by molar-refractivity contribution is 7.17. The smallest absolute Gasteiger partial charge is 0.195 e. The van der Waals surface area contributed by atoms with E-state index < -0.39 is 5.60 Å². The molecular formula is C13H14O2S. The van der Waals surface area contributed by atoms with Crippen molar-refractivity contribution in [1.82, 2.24) is 0 Å². The first-order valence-corrected chi connectivity index (χ1v) is 6.17. The largest absolute Gasteiger partial charge is 0.382 e. The van der Waals surface area contributed by atoms with Gasteiger partial charge >= 0.3 is 0 Å². The lowest BCUT2D eigenvalue weighted by Crippen LogP contribution is -2.34. The van der Waals surface area contributed by atoms with E-state index in [1.54, 1.807) is 13.0 Å². The molecule has 1 N–H and O–H groups in total. The van der Waals surface area contributed by atoms with Crippen LogP contribution in [0.25, 0.3) is 10.1 Å². The lowest BCUT2D eigenvalue weighted by atomic mass is 9.92. The number of hydrogen-bond acceptors (Lipinski definition) is 3. The van der Waals surface area contributed by atoms with Gasteiger partial charge < -0.3 is 5.11 Å². The SMILES string of the molecule is CCC(C)(O)C(=O)c1cccc2ccsc12. The summed E-state index contributed by atoms with van der Waals surface area (Å²) in [5, 5.41) is 13.0. The molecule has 0 aliphatic carbocycles. The van der Waals surface area contributed by atoms with Gasteiger partial charge in [0, 0.05) is 10.3 Å². The zero-order chi connectivity index (χ0) is 11.8. The number of thiophene rings is 1. The monoisotopic (exact) mass is 234 g/mol. The van der Waals surface area contributed by atoms with Gasteiger partial charge in [0.2, 0.25) is 0 Å². The molecule has 0 saturated carbocycles. The molecule has 2 nitrogen and oxygen atoms in total. The zero-order valence-electron chi connectivity index (χ0n) is 9.36. The molecule has 0 fully saturated rings. The Morgan fingerprint density at radius 2 is 2.19 bits per heavy atom. The maximum Gasteiger partial charge on any atom is 0.195 e. The number of benzene rings is 1. The summed E-state index contributed by atoms with van der Waals surface area (Å²) in [6.45, 7) is 3.38. The fourth-order valence-electron chi connectivity index (χ4n) is 1.62. The molecule has 2 aromatic rings. The molecule has 2 rings (SSSR count). The zero-order valence-corrected chi connectivity index (χ0v) is 10.2. The third kappa shape index (κ3) is 1.77. The summed E-state index contributed by atoms with van der Waals surface area (Å²) in [5.74, 6) is -0.192. The Balaban J connectivity index is 2.55. The Morgan fingerprint density at radius 3 is 2.88 bits per heavy atom. The summed E-state index contributed by atoms with van der Waals surface area (Å²) in [7, 11) is 0. The molecule has 1 aromatic carbocycles. The van der Waals surface area contributed by atoms with E-state index >= 15 is 0 Å². The standard InChI is InChI=1S/C13H14O2S/c1-3-13(2,15)12(14)10-6-4-5-9-7-8-16-11(9)10/h4-8,15H,3H2,1-2H3. The molecule has 0 spiro atoms. The Hall–Kier alpha value is -1.19.